The molecule has 0 saturated carbocycles. The first-order valence-electron chi connectivity index (χ1n) is 7.62. The molecule has 0 saturated heterocycles. The van der Waals surface area contributed by atoms with E-state index in [-0.39, 0.29) is 6.54 Å². The standard InChI is InChI=1S/C14H25N5O6/c1-6(16-10(20)5-15)11(21)17-7(2)12(22)18-8(3)13(23)19-9(4)14(24)25/h6-9H,5,15H2,1-4H3,(H,16,20)(H,17,21)(H,18,22)(H,19,23)(H,24,25). The van der Waals surface area contributed by atoms with Gasteiger partial charge in [0.2, 0.25) is 23.6 Å². The lowest BCUT2D eigenvalue weighted by Crippen LogP contribution is -2.55. The van der Waals surface area contributed by atoms with Gasteiger partial charge < -0.3 is 32.1 Å². The monoisotopic (exact) mass is 359 g/mol. The molecule has 142 valence electrons. The molecule has 25 heavy (non-hydrogen) atoms. The largest absolute Gasteiger partial charge is 0.480 e. The molecular weight excluding hydrogens is 334 g/mol. The van der Waals surface area contributed by atoms with E-state index in [9.17, 15) is 24.0 Å². The van der Waals surface area contributed by atoms with E-state index in [1.165, 1.54) is 27.7 Å². The van der Waals surface area contributed by atoms with Crippen LogP contribution in [0.4, 0.5) is 0 Å². The number of carboxylic acid groups (broad SMARTS) is 1. The number of hydrogen-bond donors (Lipinski definition) is 6. The van der Waals surface area contributed by atoms with Gasteiger partial charge in [-0.3, -0.25) is 24.0 Å². The van der Waals surface area contributed by atoms with Gasteiger partial charge in [-0.1, -0.05) is 0 Å². The summed E-state index contributed by atoms with van der Waals surface area (Å²) in [4.78, 5) is 57.4. The number of nitrogens with one attached hydrogen (secondary N) is 4. The Bertz CT molecular complexity index is 538. The molecular formula is C14H25N5O6. The molecule has 11 heteroatoms. The van der Waals surface area contributed by atoms with E-state index in [0.29, 0.717) is 0 Å². The lowest BCUT2D eigenvalue weighted by molar-refractivity contribution is -0.141. The molecule has 0 rings (SSSR count). The maximum absolute atomic E-state index is 12.0. The number of hydrogen-bond acceptors (Lipinski definition) is 6. The lowest BCUT2D eigenvalue weighted by atomic mass is 10.2. The summed E-state index contributed by atoms with van der Waals surface area (Å²) in [6.45, 7) is 5.22. The van der Waals surface area contributed by atoms with Crippen molar-refractivity contribution in [2.75, 3.05) is 6.54 Å². The highest BCUT2D eigenvalue weighted by Crippen LogP contribution is 1.92. The highest BCUT2D eigenvalue weighted by molar-refractivity contribution is 5.94. The van der Waals surface area contributed by atoms with Gasteiger partial charge >= 0.3 is 5.97 Å². The Morgan fingerprint density at radius 3 is 1.36 bits per heavy atom. The third-order valence-electron chi connectivity index (χ3n) is 3.19. The summed E-state index contributed by atoms with van der Waals surface area (Å²) in [5, 5.41) is 18.0. The Kier molecular flexibility index (Phi) is 9.13. The van der Waals surface area contributed by atoms with Crippen molar-refractivity contribution in [1.82, 2.24) is 21.3 Å². The Balaban J connectivity index is 4.50. The molecule has 4 unspecified atom stereocenters. The van der Waals surface area contributed by atoms with Crippen LogP contribution in [0.2, 0.25) is 0 Å². The molecule has 4 atom stereocenters. The fourth-order valence-electron chi connectivity index (χ4n) is 1.57. The van der Waals surface area contributed by atoms with Crippen LogP contribution >= 0.6 is 0 Å². The number of amides is 4. The van der Waals surface area contributed by atoms with E-state index in [1.807, 2.05) is 0 Å². The molecule has 4 amide bonds. The minimum absolute atomic E-state index is 0.269. The molecule has 0 aromatic heterocycles. The van der Waals surface area contributed by atoms with Gasteiger partial charge in [-0.2, -0.15) is 0 Å². The number of aliphatic carboxylic acids is 1. The normalized spacial score (nSPS) is 15.1. The van der Waals surface area contributed by atoms with E-state index in [0.717, 1.165) is 0 Å². The molecule has 0 bridgehead atoms. The maximum Gasteiger partial charge on any atom is 0.325 e. The molecule has 0 aliphatic rings. The minimum atomic E-state index is -1.21. The highest BCUT2D eigenvalue weighted by Gasteiger charge is 2.24. The minimum Gasteiger partial charge on any atom is -0.480 e. The van der Waals surface area contributed by atoms with Crippen LogP contribution < -0.4 is 27.0 Å². The average Bonchev–Trinajstić information content (AvgIpc) is 2.53. The van der Waals surface area contributed by atoms with Gasteiger partial charge in [0.05, 0.1) is 6.54 Å². The second-order valence-electron chi connectivity index (χ2n) is 5.52. The molecule has 0 fully saturated rings. The molecule has 0 aromatic carbocycles. The quantitative estimate of drug-likeness (QED) is 0.254. The zero-order valence-electron chi connectivity index (χ0n) is 14.6. The molecule has 0 aliphatic carbocycles. The van der Waals surface area contributed by atoms with Crippen molar-refractivity contribution in [1.29, 1.82) is 0 Å². The second kappa shape index (κ2) is 10.2. The molecule has 11 nitrogen and oxygen atoms in total. The molecule has 7 N–H and O–H groups in total. The highest BCUT2D eigenvalue weighted by atomic mass is 16.4. The summed E-state index contributed by atoms with van der Waals surface area (Å²) in [5.41, 5.74) is 5.12. The van der Waals surface area contributed by atoms with Gasteiger partial charge in [-0.25, -0.2) is 0 Å². The van der Waals surface area contributed by atoms with Gasteiger partial charge in [0, 0.05) is 0 Å². The third-order valence-corrected chi connectivity index (χ3v) is 3.19. The number of carbonyl (C=O) groups excluding carboxylic acids is 4. The molecule has 0 heterocycles. The molecule has 0 aromatic rings. The van der Waals surface area contributed by atoms with Crippen molar-refractivity contribution in [2.24, 2.45) is 5.73 Å². The van der Waals surface area contributed by atoms with Crippen LogP contribution in [-0.4, -0.2) is 65.4 Å². The topological polar surface area (TPSA) is 180 Å². The van der Waals surface area contributed by atoms with Gasteiger partial charge in [-0.15, -0.1) is 0 Å². The number of carboxylic acids is 1. The van der Waals surface area contributed by atoms with Crippen molar-refractivity contribution in [3.05, 3.63) is 0 Å². The third kappa shape index (κ3) is 8.11. The lowest BCUT2D eigenvalue weighted by Gasteiger charge is -2.21. The van der Waals surface area contributed by atoms with Crippen LogP contribution in [-0.2, 0) is 24.0 Å². The zero-order valence-corrected chi connectivity index (χ0v) is 14.6. The van der Waals surface area contributed by atoms with Gasteiger partial charge in [-0.05, 0) is 27.7 Å². The van der Waals surface area contributed by atoms with Crippen LogP contribution in [0.15, 0.2) is 0 Å². The smallest absolute Gasteiger partial charge is 0.325 e. The van der Waals surface area contributed by atoms with Gasteiger partial charge in [0.25, 0.3) is 0 Å². The van der Waals surface area contributed by atoms with E-state index in [2.05, 4.69) is 21.3 Å². The first-order valence-corrected chi connectivity index (χ1v) is 7.62. The summed E-state index contributed by atoms with van der Waals surface area (Å²) in [7, 11) is 0. The number of carbonyl (C=O) groups is 5. The fraction of sp³-hybridized carbons (Fsp3) is 0.643. The fourth-order valence-corrected chi connectivity index (χ4v) is 1.57. The van der Waals surface area contributed by atoms with Crippen LogP contribution in [0.1, 0.15) is 27.7 Å². The SMILES string of the molecule is CC(NC(=O)C(C)NC(=O)C(C)NC(=O)C(C)NC(=O)CN)C(=O)O. The van der Waals surface area contributed by atoms with Crippen molar-refractivity contribution < 1.29 is 29.1 Å². The summed E-state index contributed by atoms with van der Waals surface area (Å²) < 4.78 is 0. The Morgan fingerprint density at radius 2 is 1.04 bits per heavy atom. The van der Waals surface area contributed by atoms with Gasteiger partial charge in [0.1, 0.15) is 24.2 Å². The van der Waals surface area contributed by atoms with E-state index >= 15 is 0 Å². The van der Waals surface area contributed by atoms with Crippen molar-refractivity contribution in [2.45, 2.75) is 51.9 Å². The second-order valence-corrected chi connectivity index (χ2v) is 5.52. The van der Waals surface area contributed by atoms with E-state index in [1.54, 1.807) is 0 Å². The van der Waals surface area contributed by atoms with E-state index in [4.69, 9.17) is 10.8 Å². The van der Waals surface area contributed by atoms with Crippen LogP contribution in [0, 0.1) is 0 Å². The predicted molar refractivity (Wildman–Crippen MR) is 87.1 cm³/mol. The van der Waals surface area contributed by atoms with Crippen molar-refractivity contribution in [3.63, 3.8) is 0 Å². The van der Waals surface area contributed by atoms with E-state index < -0.39 is 53.8 Å². The van der Waals surface area contributed by atoms with Crippen molar-refractivity contribution in [3.8, 4) is 0 Å². The molecule has 0 aliphatic heterocycles. The maximum atomic E-state index is 12.0. The Labute approximate surface area is 145 Å². The summed E-state index contributed by atoms with van der Waals surface area (Å²) in [6.07, 6.45) is 0. The summed E-state index contributed by atoms with van der Waals surface area (Å²) in [6, 6.07) is -3.96. The Hall–Kier alpha value is -2.69. The van der Waals surface area contributed by atoms with Crippen LogP contribution in [0.5, 0.6) is 0 Å². The predicted octanol–water partition coefficient (Wildman–Crippen LogP) is -2.95. The number of nitrogens with two attached hydrogens (primary N) is 1. The molecule has 0 spiro atoms. The van der Waals surface area contributed by atoms with Crippen molar-refractivity contribution >= 4 is 29.6 Å². The average molecular weight is 359 g/mol. The summed E-state index contributed by atoms with van der Waals surface area (Å²) >= 11 is 0. The first kappa shape index (κ1) is 22.3. The molecule has 0 radical (unpaired) electrons. The van der Waals surface area contributed by atoms with Crippen LogP contribution in [0.3, 0.4) is 0 Å². The first-order chi connectivity index (χ1) is 11.5. The number of rotatable bonds is 9. The van der Waals surface area contributed by atoms with Gasteiger partial charge in [0.15, 0.2) is 0 Å². The Morgan fingerprint density at radius 1 is 0.720 bits per heavy atom. The summed E-state index contributed by atoms with van der Waals surface area (Å²) in [5.74, 6) is -3.64. The van der Waals surface area contributed by atoms with Crippen LogP contribution in [0.25, 0.3) is 0 Å². The zero-order chi connectivity index (χ0) is 19.7.